The van der Waals surface area contributed by atoms with Gasteiger partial charge in [-0.1, -0.05) is 6.92 Å². The van der Waals surface area contributed by atoms with E-state index in [1.165, 1.54) is 28.3 Å². The number of hydrogen-bond donors (Lipinski definition) is 1. The molecule has 0 fully saturated rings. The van der Waals surface area contributed by atoms with Gasteiger partial charge < -0.3 is 10.1 Å². The number of rotatable bonds is 10. The van der Waals surface area contributed by atoms with Crippen molar-refractivity contribution in [3.05, 3.63) is 44.3 Å². The van der Waals surface area contributed by atoms with Crippen LogP contribution in [0.3, 0.4) is 0 Å². The molecule has 11 heteroatoms. The standard InChI is InChI=1S/C22H29FN4O5S/c1-6-15(16-7-8-24-27(21(16)31)11-14-12-33-13(2)25-14)20(30)26-17(18(28)10-23)9-19(29)32-22(3,4)5/h7-8,12,15,17H,6,9-11H2,1-5H3,(H,26,30). The SMILES string of the molecule is CCC(C(=O)NC(CC(=O)OC(C)(C)C)C(=O)CF)c1ccnn(Cc2csc(C)n2)c1=O. The number of aromatic nitrogens is 3. The van der Waals surface area contributed by atoms with Crippen LogP contribution in [0.2, 0.25) is 0 Å². The number of aryl methyl sites for hydroxylation is 1. The van der Waals surface area contributed by atoms with Crippen LogP contribution in [0, 0.1) is 6.92 Å². The summed E-state index contributed by atoms with van der Waals surface area (Å²) in [5.74, 6) is -3.27. The lowest BCUT2D eigenvalue weighted by Gasteiger charge is -2.23. The highest BCUT2D eigenvalue weighted by molar-refractivity contribution is 7.09. The number of Topliss-reactive ketones (excluding diaryl/α,β-unsaturated/α-hetero) is 1. The number of nitrogens with one attached hydrogen (secondary N) is 1. The van der Waals surface area contributed by atoms with Crippen molar-refractivity contribution in [2.75, 3.05) is 6.67 Å². The number of carbonyl (C=O) groups is 3. The first kappa shape index (κ1) is 26.3. The number of halogens is 1. The molecule has 0 aliphatic heterocycles. The summed E-state index contributed by atoms with van der Waals surface area (Å²) in [6.07, 6.45) is 1.15. The summed E-state index contributed by atoms with van der Waals surface area (Å²) in [6.45, 7) is 7.33. The number of nitrogens with zero attached hydrogens (tertiary/aromatic N) is 3. The molecule has 2 aromatic heterocycles. The minimum atomic E-state index is -1.39. The fourth-order valence-corrected chi connectivity index (χ4v) is 3.79. The molecule has 2 aromatic rings. The molecule has 1 amide bonds. The number of hydrogen-bond acceptors (Lipinski definition) is 8. The van der Waals surface area contributed by atoms with Gasteiger partial charge in [0.1, 0.15) is 18.3 Å². The van der Waals surface area contributed by atoms with Gasteiger partial charge in [0.05, 0.1) is 29.6 Å². The lowest BCUT2D eigenvalue weighted by Crippen LogP contribution is -2.46. The average Bonchev–Trinajstić information content (AvgIpc) is 3.13. The molecule has 33 heavy (non-hydrogen) atoms. The maximum absolute atomic E-state index is 13.1. The van der Waals surface area contributed by atoms with Crippen molar-refractivity contribution in [3.63, 3.8) is 0 Å². The lowest BCUT2D eigenvalue weighted by molar-refractivity contribution is -0.156. The van der Waals surface area contributed by atoms with Gasteiger partial charge in [-0.2, -0.15) is 5.10 Å². The van der Waals surface area contributed by atoms with E-state index in [2.05, 4.69) is 15.4 Å². The second-order valence-corrected chi connectivity index (χ2v) is 9.58. The van der Waals surface area contributed by atoms with Crippen LogP contribution in [0.1, 0.15) is 62.7 Å². The van der Waals surface area contributed by atoms with Gasteiger partial charge in [0.2, 0.25) is 5.91 Å². The Morgan fingerprint density at radius 3 is 2.55 bits per heavy atom. The Hall–Kier alpha value is -2.95. The molecule has 0 aliphatic carbocycles. The zero-order valence-corrected chi connectivity index (χ0v) is 20.2. The fourth-order valence-electron chi connectivity index (χ4n) is 3.19. The third-order valence-corrected chi connectivity index (χ3v) is 5.47. The Morgan fingerprint density at radius 1 is 1.30 bits per heavy atom. The fraction of sp³-hybridized carbons (Fsp3) is 0.545. The molecule has 0 saturated carbocycles. The Bertz CT molecular complexity index is 1060. The number of thiazole rings is 1. The number of amides is 1. The first-order chi connectivity index (χ1) is 15.4. The quantitative estimate of drug-likeness (QED) is 0.518. The van der Waals surface area contributed by atoms with E-state index in [9.17, 15) is 23.6 Å². The predicted octanol–water partition coefficient (Wildman–Crippen LogP) is 2.31. The molecule has 0 saturated heterocycles. The molecule has 0 spiro atoms. The number of carbonyl (C=O) groups excluding carboxylic acids is 3. The monoisotopic (exact) mass is 480 g/mol. The van der Waals surface area contributed by atoms with Crippen molar-refractivity contribution in [2.45, 2.75) is 71.6 Å². The second-order valence-electron chi connectivity index (χ2n) is 8.52. The smallest absolute Gasteiger partial charge is 0.308 e. The van der Waals surface area contributed by atoms with E-state index in [1.54, 1.807) is 27.7 Å². The molecule has 2 atom stereocenters. The van der Waals surface area contributed by atoms with Crippen molar-refractivity contribution in [1.82, 2.24) is 20.1 Å². The molecule has 2 heterocycles. The maximum atomic E-state index is 13.1. The predicted molar refractivity (Wildman–Crippen MR) is 121 cm³/mol. The topological polar surface area (TPSA) is 120 Å². The van der Waals surface area contributed by atoms with Crippen molar-refractivity contribution < 1.29 is 23.5 Å². The first-order valence-electron chi connectivity index (χ1n) is 10.5. The van der Waals surface area contributed by atoms with Crippen LogP contribution in [-0.4, -0.2) is 50.7 Å². The minimum Gasteiger partial charge on any atom is -0.460 e. The molecule has 9 nitrogen and oxygen atoms in total. The molecular weight excluding hydrogens is 451 g/mol. The average molecular weight is 481 g/mol. The minimum absolute atomic E-state index is 0.149. The molecule has 2 unspecified atom stereocenters. The largest absolute Gasteiger partial charge is 0.460 e. The molecular formula is C22H29FN4O5S. The summed E-state index contributed by atoms with van der Waals surface area (Å²) in [4.78, 5) is 54.5. The number of ketones is 1. The van der Waals surface area contributed by atoms with Crippen LogP contribution in [-0.2, 0) is 25.7 Å². The first-order valence-corrected chi connectivity index (χ1v) is 11.4. The summed E-state index contributed by atoms with van der Waals surface area (Å²) < 4.78 is 19.5. The Kier molecular flexibility index (Phi) is 8.98. The third kappa shape index (κ3) is 7.55. The number of ether oxygens (including phenoxy) is 1. The van der Waals surface area contributed by atoms with E-state index in [0.29, 0.717) is 5.69 Å². The van der Waals surface area contributed by atoms with Crippen molar-refractivity contribution in [1.29, 1.82) is 0 Å². The normalized spacial score (nSPS) is 13.3. The Balaban J connectivity index is 2.23. The van der Waals surface area contributed by atoms with Crippen LogP contribution in [0.15, 0.2) is 22.4 Å². The molecule has 180 valence electrons. The summed E-state index contributed by atoms with van der Waals surface area (Å²) in [7, 11) is 0. The summed E-state index contributed by atoms with van der Waals surface area (Å²) >= 11 is 1.45. The van der Waals surface area contributed by atoms with Crippen molar-refractivity contribution in [2.24, 2.45) is 0 Å². The van der Waals surface area contributed by atoms with Gasteiger partial charge in [-0.15, -0.1) is 11.3 Å². The summed E-state index contributed by atoms with van der Waals surface area (Å²) in [5.41, 5.74) is -0.409. The second kappa shape index (κ2) is 11.3. The van der Waals surface area contributed by atoms with E-state index in [1.807, 2.05) is 12.3 Å². The van der Waals surface area contributed by atoms with Gasteiger partial charge in [-0.25, -0.2) is 14.1 Å². The zero-order chi connectivity index (χ0) is 24.8. The summed E-state index contributed by atoms with van der Waals surface area (Å²) in [6, 6.07) is 0.0482. The highest BCUT2D eigenvalue weighted by Crippen LogP contribution is 2.18. The number of esters is 1. The third-order valence-electron chi connectivity index (χ3n) is 4.65. The summed E-state index contributed by atoms with van der Waals surface area (Å²) in [5, 5.41) is 9.17. The molecule has 0 radical (unpaired) electrons. The van der Waals surface area contributed by atoms with Gasteiger partial charge in [0.25, 0.3) is 5.56 Å². The van der Waals surface area contributed by atoms with Gasteiger partial charge in [0, 0.05) is 17.1 Å². The highest BCUT2D eigenvalue weighted by atomic mass is 32.1. The van der Waals surface area contributed by atoms with Crippen LogP contribution in [0.4, 0.5) is 4.39 Å². The lowest BCUT2D eigenvalue weighted by atomic mass is 9.96. The Morgan fingerprint density at radius 2 is 2.00 bits per heavy atom. The highest BCUT2D eigenvalue weighted by Gasteiger charge is 2.30. The van der Waals surface area contributed by atoms with E-state index in [4.69, 9.17) is 4.74 Å². The van der Waals surface area contributed by atoms with E-state index in [0.717, 1.165) is 5.01 Å². The van der Waals surface area contributed by atoms with Crippen LogP contribution >= 0.6 is 11.3 Å². The van der Waals surface area contributed by atoms with Crippen molar-refractivity contribution >= 4 is 29.0 Å². The Labute approximate surface area is 195 Å². The molecule has 0 bridgehead atoms. The zero-order valence-electron chi connectivity index (χ0n) is 19.4. The maximum Gasteiger partial charge on any atom is 0.308 e. The van der Waals surface area contributed by atoms with Crippen LogP contribution in [0.25, 0.3) is 0 Å². The molecule has 0 aromatic carbocycles. The van der Waals surface area contributed by atoms with E-state index < -0.39 is 53.9 Å². The van der Waals surface area contributed by atoms with E-state index in [-0.39, 0.29) is 18.5 Å². The molecule has 0 aliphatic rings. The number of alkyl halides is 1. The molecule has 2 rings (SSSR count). The van der Waals surface area contributed by atoms with E-state index >= 15 is 0 Å². The molecule has 1 N–H and O–H groups in total. The van der Waals surface area contributed by atoms with Crippen LogP contribution < -0.4 is 10.9 Å². The van der Waals surface area contributed by atoms with Crippen LogP contribution in [0.5, 0.6) is 0 Å². The van der Waals surface area contributed by atoms with Gasteiger partial charge in [0.15, 0.2) is 5.78 Å². The van der Waals surface area contributed by atoms with Gasteiger partial charge in [-0.05, 0) is 40.2 Å². The van der Waals surface area contributed by atoms with Gasteiger partial charge >= 0.3 is 5.97 Å². The van der Waals surface area contributed by atoms with Crippen molar-refractivity contribution in [3.8, 4) is 0 Å². The van der Waals surface area contributed by atoms with Gasteiger partial charge in [-0.3, -0.25) is 19.2 Å².